The van der Waals surface area contributed by atoms with Crippen molar-refractivity contribution in [2.75, 3.05) is 13.2 Å². The third-order valence-corrected chi connectivity index (χ3v) is 11.2. The molecule has 1 spiro atoms. The molecule has 4 saturated carbocycles. The highest BCUT2D eigenvalue weighted by molar-refractivity contribution is 5.17. The van der Waals surface area contributed by atoms with Gasteiger partial charge in [0.2, 0.25) is 0 Å². The summed E-state index contributed by atoms with van der Waals surface area (Å²) in [5, 5.41) is 62.4. The van der Waals surface area contributed by atoms with E-state index < -0.39 is 42.9 Å². The zero-order valence-electron chi connectivity index (χ0n) is 20.8. The molecule has 196 valence electrons. The van der Waals surface area contributed by atoms with Gasteiger partial charge >= 0.3 is 0 Å². The van der Waals surface area contributed by atoms with Crippen LogP contribution >= 0.6 is 0 Å². The topological polar surface area (TPSA) is 140 Å². The number of hydrogen-bond acceptors (Lipinski definition) is 8. The lowest BCUT2D eigenvalue weighted by molar-refractivity contribution is -0.310. The van der Waals surface area contributed by atoms with E-state index >= 15 is 0 Å². The van der Waals surface area contributed by atoms with Gasteiger partial charge in [0.05, 0.1) is 24.9 Å². The van der Waals surface area contributed by atoms with Crippen molar-refractivity contribution in [3.8, 4) is 0 Å². The van der Waals surface area contributed by atoms with Crippen molar-refractivity contribution >= 4 is 0 Å². The molecule has 0 aromatic heterocycles. The van der Waals surface area contributed by atoms with Crippen molar-refractivity contribution in [1.82, 2.24) is 0 Å². The van der Waals surface area contributed by atoms with Crippen molar-refractivity contribution in [1.29, 1.82) is 0 Å². The Morgan fingerprint density at radius 1 is 0.882 bits per heavy atom. The van der Waals surface area contributed by atoms with E-state index in [1.165, 1.54) is 0 Å². The van der Waals surface area contributed by atoms with Gasteiger partial charge in [-0.05, 0) is 85.4 Å². The smallest absolute Gasteiger partial charge is 0.186 e. The summed E-state index contributed by atoms with van der Waals surface area (Å²) in [6.07, 6.45) is 0.709. The lowest BCUT2D eigenvalue weighted by Crippen LogP contribution is -2.60. The van der Waals surface area contributed by atoms with Crippen LogP contribution < -0.4 is 0 Å². The van der Waals surface area contributed by atoms with Crippen LogP contribution in [0.3, 0.4) is 0 Å². The predicted molar refractivity (Wildman–Crippen MR) is 122 cm³/mol. The van der Waals surface area contributed by atoms with Gasteiger partial charge in [0.15, 0.2) is 6.29 Å². The minimum atomic E-state index is -1.49. The van der Waals surface area contributed by atoms with Crippen LogP contribution in [0.25, 0.3) is 0 Å². The molecule has 12 atom stereocenters. The third kappa shape index (κ3) is 3.55. The van der Waals surface area contributed by atoms with Crippen LogP contribution in [0.2, 0.25) is 0 Å². The van der Waals surface area contributed by atoms with Crippen molar-refractivity contribution < 1.29 is 40.1 Å². The first kappa shape index (κ1) is 25.3. The van der Waals surface area contributed by atoms with Gasteiger partial charge in [0, 0.05) is 0 Å². The van der Waals surface area contributed by atoms with Crippen LogP contribution in [0.4, 0.5) is 0 Å². The first-order valence-corrected chi connectivity index (χ1v) is 13.2. The molecule has 1 heterocycles. The van der Waals surface area contributed by atoms with Crippen molar-refractivity contribution in [2.45, 2.75) is 115 Å². The summed E-state index contributed by atoms with van der Waals surface area (Å²) < 4.78 is 11.4. The molecule has 34 heavy (non-hydrogen) atoms. The molecule has 5 fully saturated rings. The van der Waals surface area contributed by atoms with Crippen molar-refractivity contribution in [3.63, 3.8) is 0 Å². The molecule has 2 bridgehead atoms. The largest absolute Gasteiger partial charge is 0.394 e. The van der Waals surface area contributed by atoms with Gasteiger partial charge in [-0.15, -0.1) is 0 Å². The summed E-state index contributed by atoms with van der Waals surface area (Å²) in [4.78, 5) is 0. The summed E-state index contributed by atoms with van der Waals surface area (Å²) in [5.74, 6) is 1.08. The Hall–Kier alpha value is -0.320. The molecule has 6 N–H and O–H groups in total. The summed E-state index contributed by atoms with van der Waals surface area (Å²) >= 11 is 0. The molecule has 1 saturated heterocycles. The van der Waals surface area contributed by atoms with E-state index in [0.29, 0.717) is 18.3 Å². The third-order valence-electron chi connectivity index (χ3n) is 11.2. The molecule has 0 radical (unpaired) electrons. The van der Waals surface area contributed by atoms with Gasteiger partial charge in [-0.25, -0.2) is 0 Å². The SMILES string of the molecule is CC1(C)C(O)CCC2(C)C3CCC4CC3(CCC12)CC4(O)COC1OC(CO)C(O)C(O)C1O. The normalized spacial score (nSPS) is 56.6. The molecule has 1 aliphatic heterocycles. The Morgan fingerprint density at radius 3 is 2.32 bits per heavy atom. The number of fused-ring (bicyclic) bond motifs is 3. The van der Waals surface area contributed by atoms with Gasteiger partial charge in [0.25, 0.3) is 0 Å². The highest BCUT2D eigenvalue weighted by atomic mass is 16.7. The zero-order chi connectivity index (χ0) is 24.7. The molecule has 5 rings (SSSR count). The molecule has 12 unspecified atom stereocenters. The predicted octanol–water partition coefficient (Wildman–Crippen LogP) is 0.938. The first-order chi connectivity index (χ1) is 15.9. The summed E-state index contributed by atoms with van der Waals surface area (Å²) in [5.41, 5.74) is -0.942. The minimum absolute atomic E-state index is 0.0147. The van der Waals surface area contributed by atoms with E-state index in [4.69, 9.17) is 9.47 Å². The Balaban J connectivity index is 1.32. The summed E-state index contributed by atoms with van der Waals surface area (Å²) in [6.45, 7) is 6.36. The Bertz CT molecular complexity index is 774. The van der Waals surface area contributed by atoms with Gasteiger partial charge < -0.3 is 40.1 Å². The van der Waals surface area contributed by atoms with E-state index in [2.05, 4.69) is 20.8 Å². The van der Waals surface area contributed by atoms with E-state index in [0.717, 1.165) is 44.9 Å². The number of hydrogen-bond donors (Lipinski definition) is 6. The van der Waals surface area contributed by atoms with Crippen LogP contribution in [-0.4, -0.2) is 86.3 Å². The second-order valence-corrected chi connectivity index (χ2v) is 13.2. The van der Waals surface area contributed by atoms with Crippen LogP contribution in [0.1, 0.15) is 72.1 Å². The summed E-state index contributed by atoms with van der Waals surface area (Å²) in [6, 6.07) is 0. The Morgan fingerprint density at radius 2 is 1.62 bits per heavy atom. The molecule has 8 heteroatoms. The number of ether oxygens (including phenoxy) is 2. The number of rotatable bonds is 4. The average Bonchev–Trinajstić information content (AvgIpc) is 2.99. The van der Waals surface area contributed by atoms with Crippen LogP contribution in [0, 0.1) is 34.0 Å². The van der Waals surface area contributed by atoms with Gasteiger partial charge in [0.1, 0.15) is 24.4 Å². The van der Waals surface area contributed by atoms with Crippen molar-refractivity contribution in [2.24, 2.45) is 34.0 Å². The molecule has 0 aromatic carbocycles. The monoisotopic (exact) mass is 484 g/mol. The Kier molecular flexibility index (Phi) is 6.22. The summed E-state index contributed by atoms with van der Waals surface area (Å²) in [7, 11) is 0. The molecular weight excluding hydrogens is 440 g/mol. The molecule has 5 aliphatic rings. The fraction of sp³-hybridized carbons (Fsp3) is 1.00. The highest BCUT2D eigenvalue weighted by Gasteiger charge is 2.68. The number of aliphatic hydroxyl groups is 6. The maximum Gasteiger partial charge on any atom is 0.186 e. The van der Waals surface area contributed by atoms with E-state index in [9.17, 15) is 30.6 Å². The second kappa shape index (κ2) is 8.35. The van der Waals surface area contributed by atoms with Gasteiger partial charge in [-0.2, -0.15) is 0 Å². The highest BCUT2D eigenvalue weighted by Crippen LogP contribution is 2.72. The quantitative estimate of drug-likeness (QED) is 0.346. The fourth-order valence-electron chi connectivity index (χ4n) is 9.44. The minimum Gasteiger partial charge on any atom is -0.394 e. The first-order valence-electron chi connectivity index (χ1n) is 13.2. The fourth-order valence-corrected chi connectivity index (χ4v) is 9.44. The molecule has 8 nitrogen and oxygen atoms in total. The zero-order valence-corrected chi connectivity index (χ0v) is 20.8. The van der Waals surface area contributed by atoms with Crippen molar-refractivity contribution in [3.05, 3.63) is 0 Å². The van der Waals surface area contributed by atoms with Gasteiger partial charge in [-0.3, -0.25) is 0 Å². The maximum atomic E-state index is 11.8. The van der Waals surface area contributed by atoms with E-state index in [-0.39, 0.29) is 34.9 Å². The number of aliphatic hydroxyl groups excluding tert-OH is 5. The standard InChI is InChI=1S/C26H44O8/c1-23(2)16-6-9-25-10-14(4-5-17(25)24(16,3)8-7-18(23)28)26(32,12-25)13-33-22-21(31)20(30)19(29)15(11-27)34-22/h14-22,27-32H,4-13H2,1-3H3. The Labute approximate surface area is 202 Å². The maximum absolute atomic E-state index is 11.8. The second-order valence-electron chi connectivity index (χ2n) is 13.2. The molecule has 4 aliphatic carbocycles. The van der Waals surface area contributed by atoms with E-state index in [1.54, 1.807) is 0 Å². The van der Waals surface area contributed by atoms with Crippen LogP contribution in [0.5, 0.6) is 0 Å². The van der Waals surface area contributed by atoms with Crippen LogP contribution in [-0.2, 0) is 9.47 Å². The lowest BCUT2D eigenvalue weighted by Gasteiger charge is -2.64. The lowest BCUT2D eigenvalue weighted by atomic mass is 9.41. The van der Waals surface area contributed by atoms with Crippen LogP contribution in [0.15, 0.2) is 0 Å². The van der Waals surface area contributed by atoms with Gasteiger partial charge in [-0.1, -0.05) is 20.8 Å². The molecular formula is C26H44O8. The molecule has 0 aromatic rings. The van der Waals surface area contributed by atoms with E-state index in [1.807, 2.05) is 0 Å². The molecule has 0 amide bonds. The average molecular weight is 485 g/mol.